The molecule has 3 rings (SSSR count). The highest BCUT2D eigenvalue weighted by molar-refractivity contribution is 6.09. The van der Waals surface area contributed by atoms with Crippen molar-refractivity contribution in [2.24, 2.45) is 0 Å². The summed E-state index contributed by atoms with van der Waals surface area (Å²) in [7, 11) is 3.22. The molecule has 0 saturated heterocycles. The van der Waals surface area contributed by atoms with Crippen LogP contribution in [0.2, 0.25) is 0 Å². The second-order valence-electron chi connectivity index (χ2n) is 6.91. The van der Waals surface area contributed by atoms with Crippen LogP contribution in [0, 0.1) is 11.3 Å². The van der Waals surface area contributed by atoms with Crippen LogP contribution < -0.4 is 5.32 Å². The average molecular weight is 391 g/mol. The molecule has 0 aliphatic rings. The van der Waals surface area contributed by atoms with E-state index in [9.17, 15) is 4.79 Å². The summed E-state index contributed by atoms with van der Waals surface area (Å²) in [6.45, 7) is 2.47. The van der Waals surface area contributed by atoms with Gasteiger partial charge in [0.05, 0.1) is 24.8 Å². The number of ether oxygens (including phenoxy) is 2. The summed E-state index contributed by atoms with van der Waals surface area (Å²) in [5.41, 5.74) is 2.90. The van der Waals surface area contributed by atoms with E-state index in [0.717, 1.165) is 27.4 Å². The van der Waals surface area contributed by atoms with Gasteiger partial charge in [0.1, 0.15) is 6.54 Å². The first kappa shape index (κ1) is 20.6. The fraction of sp³-hybridized carbons (Fsp3) is 0.304. The number of carbonyl (C=O) groups is 1. The van der Waals surface area contributed by atoms with Gasteiger partial charge in [-0.15, -0.1) is 0 Å². The summed E-state index contributed by atoms with van der Waals surface area (Å²) in [5.74, 6) is -0.105. The molecule has 29 heavy (non-hydrogen) atoms. The Balaban J connectivity index is 1.97. The lowest BCUT2D eigenvalue weighted by Gasteiger charge is -2.23. The number of hydrogen-bond donors (Lipinski definition) is 1. The zero-order valence-corrected chi connectivity index (χ0v) is 16.9. The molecule has 1 unspecified atom stereocenters. The van der Waals surface area contributed by atoms with Crippen molar-refractivity contribution in [3.05, 3.63) is 54.1 Å². The number of carbonyl (C=O) groups excluding carboxylic acids is 1. The molecule has 0 fully saturated rings. The average Bonchev–Trinajstić information content (AvgIpc) is 3.04. The summed E-state index contributed by atoms with van der Waals surface area (Å²) in [5, 5.41) is 13.9. The van der Waals surface area contributed by atoms with Gasteiger partial charge >= 0.3 is 0 Å². The first-order chi connectivity index (χ1) is 14.1. The molecule has 1 heterocycles. The van der Waals surface area contributed by atoms with Crippen LogP contribution in [-0.4, -0.2) is 43.4 Å². The first-order valence-corrected chi connectivity index (χ1v) is 9.47. The number of nitrogens with zero attached hydrogens (tertiary/aromatic N) is 2. The van der Waals surface area contributed by atoms with Crippen LogP contribution in [0.1, 0.15) is 12.5 Å². The molecule has 6 heteroatoms. The molecule has 0 aliphatic carbocycles. The summed E-state index contributed by atoms with van der Waals surface area (Å²) in [6, 6.07) is 15.8. The van der Waals surface area contributed by atoms with Crippen LogP contribution in [-0.2, 0) is 20.8 Å². The number of rotatable bonds is 8. The Morgan fingerprint density at radius 2 is 1.97 bits per heavy atom. The molecule has 3 aromatic rings. The third kappa shape index (κ3) is 4.48. The van der Waals surface area contributed by atoms with Crippen molar-refractivity contribution in [3.8, 4) is 6.07 Å². The topological polar surface area (TPSA) is 76.3 Å². The van der Waals surface area contributed by atoms with Crippen molar-refractivity contribution < 1.29 is 14.3 Å². The lowest BCUT2D eigenvalue weighted by Crippen LogP contribution is -2.46. The molecule has 0 radical (unpaired) electrons. The Labute approximate surface area is 170 Å². The van der Waals surface area contributed by atoms with Gasteiger partial charge in [0, 0.05) is 42.1 Å². The van der Waals surface area contributed by atoms with E-state index in [1.165, 1.54) is 6.08 Å². The maximum absolute atomic E-state index is 12.8. The van der Waals surface area contributed by atoms with E-state index in [1.54, 1.807) is 20.3 Å². The molecule has 1 N–H and O–H groups in total. The van der Waals surface area contributed by atoms with Crippen LogP contribution in [0.4, 0.5) is 0 Å². The number of aromatic nitrogens is 1. The lowest BCUT2D eigenvalue weighted by atomic mass is 10.1. The number of hydrogen-bond acceptors (Lipinski definition) is 4. The van der Waals surface area contributed by atoms with Gasteiger partial charge in [-0.25, -0.2) is 0 Å². The molecular formula is C23H25N3O3. The number of methoxy groups -OCH3 is 2. The van der Waals surface area contributed by atoms with Crippen LogP contribution >= 0.6 is 0 Å². The van der Waals surface area contributed by atoms with Gasteiger partial charge in [-0.05, 0) is 36.8 Å². The van der Waals surface area contributed by atoms with Gasteiger partial charge in [0.2, 0.25) is 5.91 Å². The van der Waals surface area contributed by atoms with Crippen LogP contribution in [0.5, 0.6) is 0 Å². The first-order valence-electron chi connectivity index (χ1n) is 9.47. The Kier molecular flexibility index (Phi) is 6.65. The Bertz CT molecular complexity index is 1080. The third-order valence-corrected chi connectivity index (χ3v) is 5.08. The van der Waals surface area contributed by atoms with Gasteiger partial charge in [-0.3, -0.25) is 4.79 Å². The smallest absolute Gasteiger partial charge is 0.240 e. The summed E-state index contributed by atoms with van der Waals surface area (Å²) in [4.78, 5) is 12.8. The van der Waals surface area contributed by atoms with Crippen LogP contribution in [0.25, 0.3) is 27.9 Å². The van der Waals surface area contributed by atoms with Gasteiger partial charge in [0.15, 0.2) is 0 Å². The number of amides is 1. The number of nitrogens with one attached hydrogen (secondary N) is 1. The molecule has 2 aromatic carbocycles. The van der Waals surface area contributed by atoms with Crippen molar-refractivity contribution >= 4 is 33.8 Å². The van der Waals surface area contributed by atoms with E-state index in [0.29, 0.717) is 6.61 Å². The maximum Gasteiger partial charge on any atom is 0.240 e. The second-order valence-corrected chi connectivity index (χ2v) is 6.91. The highest BCUT2D eigenvalue weighted by Crippen LogP contribution is 2.30. The summed E-state index contributed by atoms with van der Waals surface area (Å²) in [6.07, 6.45) is 3.08. The van der Waals surface area contributed by atoms with E-state index < -0.39 is 0 Å². The largest absolute Gasteiger partial charge is 0.382 e. The number of nitriles is 1. The molecule has 0 aliphatic heterocycles. The minimum Gasteiger partial charge on any atom is -0.382 e. The fourth-order valence-electron chi connectivity index (χ4n) is 3.51. The fourth-order valence-corrected chi connectivity index (χ4v) is 3.51. The monoisotopic (exact) mass is 391 g/mol. The van der Waals surface area contributed by atoms with E-state index in [1.807, 2.05) is 60.0 Å². The molecule has 6 nitrogen and oxygen atoms in total. The Morgan fingerprint density at radius 3 is 2.69 bits per heavy atom. The quantitative estimate of drug-likeness (QED) is 0.596. The zero-order valence-electron chi connectivity index (χ0n) is 16.9. The number of fused-ring (bicyclic) bond motifs is 3. The minimum absolute atomic E-state index is 0.105. The summed E-state index contributed by atoms with van der Waals surface area (Å²) < 4.78 is 12.6. The van der Waals surface area contributed by atoms with E-state index >= 15 is 0 Å². The van der Waals surface area contributed by atoms with Crippen molar-refractivity contribution in [3.63, 3.8) is 0 Å². The highest BCUT2D eigenvalue weighted by Gasteiger charge is 2.20. The predicted molar refractivity (Wildman–Crippen MR) is 114 cm³/mol. The van der Waals surface area contributed by atoms with Gasteiger partial charge in [0.25, 0.3) is 0 Å². The van der Waals surface area contributed by atoms with E-state index in [4.69, 9.17) is 14.7 Å². The normalized spacial score (nSPS) is 13.6. The second kappa shape index (κ2) is 9.37. The van der Waals surface area contributed by atoms with Crippen molar-refractivity contribution in [2.45, 2.75) is 25.6 Å². The van der Waals surface area contributed by atoms with Crippen LogP contribution in [0.3, 0.4) is 0 Å². The number of para-hydroxylation sites is 1. The maximum atomic E-state index is 12.8. The lowest BCUT2D eigenvalue weighted by molar-refractivity contribution is -0.123. The summed E-state index contributed by atoms with van der Waals surface area (Å²) >= 11 is 0. The molecular weight excluding hydrogens is 366 g/mol. The zero-order chi connectivity index (χ0) is 20.8. The molecule has 0 spiro atoms. The van der Waals surface area contributed by atoms with Gasteiger partial charge < -0.3 is 19.4 Å². The predicted octanol–water partition coefficient (Wildman–Crippen LogP) is 3.50. The SMILES string of the molecule is COCC(NC(=O)Cn1c2ccccc2c2cc(/C=C/C#N)ccc21)[C@H](C)OC. The standard InChI is InChI=1S/C23H25N3O3/c1-16(29-3)20(15-28-2)25-23(27)14-26-21-9-5-4-8-18(21)19-13-17(7-6-12-24)10-11-22(19)26/h4-11,13,16,20H,14-15H2,1-3H3,(H,25,27)/b7-6+/t16-,20?/m0/s1. The molecule has 150 valence electrons. The van der Waals surface area contributed by atoms with Crippen molar-refractivity contribution in [1.29, 1.82) is 5.26 Å². The Hall–Kier alpha value is -3.14. The van der Waals surface area contributed by atoms with Crippen molar-refractivity contribution in [1.82, 2.24) is 9.88 Å². The minimum atomic E-state index is -0.228. The third-order valence-electron chi connectivity index (χ3n) is 5.08. The van der Waals surface area contributed by atoms with E-state index in [2.05, 4.69) is 5.32 Å². The number of benzene rings is 2. The number of allylic oxidation sites excluding steroid dienone is 1. The highest BCUT2D eigenvalue weighted by atomic mass is 16.5. The Morgan fingerprint density at radius 1 is 1.21 bits per heavy atom. The molecule has 1 amide bonds. The molecule has 2 atom stereocenters. The van der Waals surface area contributed by atoms with Gasteiger partial charge in [-0.1, -0.05) is 24.3 Å². The van der Waals surface area contributed by atoms with Crippen LogP contribution in [0.15, 0.2) is 48.5 Å². The van der Waals surface area contributed by atoms with Crippen molar-refractivity contribution in [2.75, 3.05) is 20.8 Å². The molecule has 0 saturated carbocycles. The molecule has 0 bridgehead atoms. The molecule has 1 aromatic heterocycles. The van der Waals surface area contributed by atoms with Gasteiger partial charge in [-0.2, -0.15) is 5.26 Å². The van der Waals surface area contributed by atoms with E-state index in [-0.39, 0.29) is 24.6 Å².